The SMILES string of the molecule is CCN(CC(C)S)C(=O)OC(C)(C)C. The van der Waals surface area contributed by atoms with Crippen LogP contribution in [0.5, 0.6) is 0 Å². The molecule has 84 valence electrons. The molecule has 0 aromatic heterocycles. The van der Waals surface area contributed by atoms with Crippen LogP contribution in [0, 0.1) is 0 Å². The first-order valence-electron chi connectivity index (χ1n) is 4.92. The minimum Gasteiger partial charge on any atom is -0.444 e. The maximum atomic E-state index is 11.6. The highest BCUT2D eigenvalue weighted by Gasteiger charge is 2.21. The molecule has 0 radical (unpaired) electrons. The average Bonchev–Trinajstić information content (AvgIpc) is 1.96. The van der Waals surface area contributed by atoms with E-state index in [0.717, 1.165) is 0 Å². The van der Waals surface area contributed by atoms with Gasteiger partial charge in [-0.3, -0.25) is 0 Å². The zero-order valence-corrected chi connectivity index (χ0v) is 10.6. The second kappa shape index (κ2) is 5.49. The fourth-order valence-corrected chi connectivity index (χ4v) is 1.18. The number of amides is 1. The van der Waals surface area contributed by atoms with Crippen molar-refractivity contribution in [3.8, 4) is 0 Å². The van der Waals surface area contributed by atoms with Crippen molar-refractivity contribution in [2.75, 3.05) is 13.1 Å². The molecule has 3 nitrogen and oxygen atoms in total. The quantitative estimate of drug-likeness (QED) is 0.739. The van der Waals surface area contributed by atoms with Crippen LogP contribution in [0.1, 0.15) is 34.6 Å². The first kappa shape index (κ1) is 13.6. The Balaban J connectivity index is 4.18. The lowest BCUT2D eigenvalue weighted by Gasteiger charge is -2.27. The largest absolute Gasteiger partial charge is 0.444 e. The topological polar surface area (TPSA) is 29.5 Å². The lowest BCUT2D eigenvalue weighted by Crippen LogP contribution is -2.39. The van der Waals surface area contributed by atoms with Crippen LogP contribution in [0.15, 0.2) is 0 Å². The molecular formula is C10H21NO2S. The average molecular weight is 219 g/mol. The Kier molecular flexibility index (Phi) is 5.34. The molecular weight excluding hydrogens is 198 g/mol. The second-order valence-corrected chi connectivity index (χ2v) is 5.25. The van der Waals surface area contributed by atoms with Gasteiger partial charge in [-0.1, -0.05) is 6.92 Å². The van der Waals surface area contributed by atoms with Crippen LogP contribution < -0.4 is 0 Å². The summed E-state index contributed by atoms with van der Waals surface area (Å²) < 4.78 is 5.24. The van der Waals surface area contributed by atoms with Crippen LogP contribution in [0.25, 0.3) is 0 Å². The van der Waals surface area contributed by atoms with Gasteiger partial charge in [-0.2, -0.15) is 12.6 Å². The number of ether oxygens (including phenoxy) is 1. The van der Waals surface area contributed by atoms with Gasteiger partial charge >= 0.3 is 6.09 Å². The van der Waals surface area contributed by atoms with E-state index in [9.17, 15) is 4.79 Å². The molecule has 0 aromatic carbocycles. The summed E-state index contributed by atoms with van der Waals surface area (Å²) in [6.07, 6.45) is -0.263. The maximum absolute atomic E-state index is 11.6. The van der Waals surface area contributed by atoms with Crippen LogP contribution in [0.3, 0.4) is 0 Å². The van der Waals surface area contributed by atoms with Gasteiger partial charge in [0.2, 0.25) is 0 Å². The maximum Gasteiger partial charge on any atom is 0.410 e. The van der Waals surface area contributed by atoms with E-state index in [2.05, 4.69) is 12.6 Å². The summed E-state index contributed by atoms with van der Waals surface area (Å²) >= 11 is 4.25. The van der Waals surface area contributed by atoms with E-state index in [0.29, 0.717) is 13.1 Å². The summed E-state index contributed by atoms with van der Waals surface area (Å²) in [6.45, 7) is 10.7. The minimum atomic E-state index is -0.426. The van der Waals surface area contributed by atoms with Gasteiger partial charge in [-0.05, 0) is 27.7 Å². The van der Waals surface area contributed by atoms with Crippen LogP contribution >= 0.6 is 12.6 Å². The van der Waals surface area contributed by atoms with Gasteiger partial charge in [0.1, 0.15) is 5.60 Å². The van der Waals surface area contributed by atoms with Crippen LogP contribution in [-0.2, 0) is 4.74 Å². The Morgan fingerprint density at radius 3 is 2.29 bits per heavy atom. The summed E-state index contributed by atoms with van der Waals surface area (Å²) in [5, 5.41) is 0.169. The molecule has 4 heteroatoms. The zero-order chi connectivity index (χ0) is 11.4. The molecule has 0 spiro atoms. The van der Waals surface area contributed by atoms with Crippen LogP contribution in [0.4, 0.5) is 4.79 Å². The van der Waals surface area contributed by atoms with E-state index >= 15 is 0 Å². The number of hydrogen-bond acceptors (Lipinski definition) is 3. The van der Waals surface area contributed by atoms with Gasteiger partial charge in [-0.15, -0.1) is 0 Å². The number of rotatable bonds is 3. The van der Waals surface area contributed by atoms with E-state index in [-0.39, 0.29) is 11.3 Å². The van der Waals surface area contributed by atoms with Crippen molar-refractivity contribution in [2.24, 2.45) is 0 Å². The van der Waals surface area contributed by atoms with Crippen LogP contribution in [-0.4, -0.2) is 34.9 Å². The molecule has 0 rings (SSSR count). The molecule has 1 unspecified atom stereocenters. The zero-order valence-electron chi connectivity index (χ0n) is 9.70. The Morgan fingerprint density at radius 1 is 1.50 bits per heavy atom. The van der Waals surface area contributed by atoms with Crippen molar-refractivity contribution in [1.29, 1.82) is 0 Å². The van der Waals surface area contributed by atoms with E-state index in [1.807, 2.05) is 34.6 Å². The molecule has 0 saturated carbocycles. The summed E-state index contributed by atoms with van der Waals surface area (Å²) in [5.41, 5.74) is -0.426. The first-order chi connectivity index (χ1) is 6.26. The summed E-state index contributed by atoms with van der Waals surface area (Å²) in [4.78, 5) is 13.3. The number of hydrogen-bond donors (Lipinski definition) is 1. The van der Waals surface area contributed by atoms with Gasteiger partial charge in [0.05, 0.1) is 0 Å². The second-order valence-electron chi connectivity index (χ2n) is 4.37. The monoisotopic (exact) mass is 219 g/mol. The van der Waals surface area contributed by atoms with Gasteiger partial charge in [0, 0.05) is 18.3 Å². The highest BCUT2D eigenvalue weighted by atomic mass is 32.1. The number of carbonyl (C=O) groups is 1. The molecule has 0 saturated heterocycles. The molecule has 0 heterocycles. The number of thiol groups is 1. The molecule has 14 heavy (non-hydrogen) atoms. The van der Waals surface area contributed by atoms with E-state index < -0.39 is 5.60 Å². The molecule has 1 atom stereocenters. The summed E-state index contributed by atoms with van der Waals surface area (Å²) in [5.74, 6) is 0. The van der Waals surface area contributed by atoms with E-state index in [4.69, 9.17) is 4.74 Å². The highest BCUT2D eigenvalue weighted by Crippen LogP contribution is 2.10. The third-order valence-electron chi connectivity index (χ3n) is 1.52. The number of carbonyl (C=O) groups excluding carboxylic acids is 1. The molecule has 0 bridgehead atoms. The summed E-state index contributed by atoms with van der Waals surface area (Å²) in [7, 11) is 0. The van der Waals surface area contributed by atoms with Crippen molar-refractivity contribution in [2.45, 2.75) is 45.5 Å². The number of nitrogens with zero attached hydrogens (tertiary/aromatic N) is 1. The fourth-order valence-electron chi connectivity index (χ4n) is 0.978. The van der Waals surface area contributed by atoms with Gasteiger partial charge in [-0.25, -0.2) is 4.79 Å². The third-order valence-corrected chi connectivity index (χ3v) is 1.68. The fraction of sp³-hybridized carbons (Fsp3) is 0.900. The normalized spacial score (nSPS) is 13.6. The Hall–Kier alpha value is -0.380. The highest BCUT2D eigenvalue weighted by molar-refractivity contribution is 7.80. The first-order valence-corrected chi connectivity index (χ1v) is 5.44. The van der Waals surface area contributed by atoms with Gasteiger partial charge in [0.15, 0.2) is 0 Å². The molecule has 1 amide bonds. The van der Waals surface area contributed by atoms with Crippen molar-refractivity contribution in [3.63, 3.8) is 0 Å². The van der Waals surface area contributed by atoms with E-state index in [1.165, 1.54) is 0 Å². The standard InChI is InChI=1S/C10H21NO2S/c1-6-11(7-8(2)14)9(12)13-10(3,4)5/h8,14H,6-7H2,1-5H3. The van der Waals surface area contributed by atoms with Gasteiger partial charge in [0.25, 0.3) is 0 Å². The Bertz CT molecular complexity index is 187. The van der Waals surface area contributed by atoms with E-state index in [1.54, 1.807) is 4.90 Å². The van der Waals surface area contributed by atoms with Gasteiger partial charge < -0.3 is 9.64 Å². The molecule has 0 aromatic rings. The molecule has 0 aliphatic carbocycles. The molecule has 0 aliphatic heterocycles. The predicted octanol–water partition coefficient (Wildman–Crippen LogP) is 2.56. The molecule has 0 N–H and O–H groups in total. The molecule has 0 fully saturated rings. The van der Waals surface area contributed by atoms with Crippen molar-refractivity contribution < 1.29 is 9.53 Å². The van der Waals surface area contributed by atoms with Crippen LogP contribution in [0.2, 0.25) is 0 Å². The third kappa shape index (κ3) is 6.13. The molecule has 0 aliphatic rings. The predicted molar refractivity (Wildman–Crippen MR) is 61.9 cm³/mol. The lowest BCUT2D eigenvalue weighted by atomic mass is 10.2. The minimum absolute atomic E-state index is 0.169. The van der Waals surface area contributed by atoms with Crippen molar-refractivity contribution >= 4 is 18.7 Å². The lowest BCUT2D eigenvalue weighted by molar-refractivity contribution is 0.0263. The Morgan fingerprint density at radius 2 is 2.00 bits per heavy atom. The Labute approximate surface area is 92.2 Å². The van der Waals surface area contributed by atoms with Crippen molar-refractivity contribution in [1.82, 2.24) is 4.90 Å². The smallest absolute Gasteiger partial charge is 0.410 e. The summed E-state index contributed by atoms with van der Waals surface area (Å²) in [6, 6.07) is 0. The van der Waals surface area contributed by atoms with Crippen molar-refractivity contribution in [3.05, 3.63) is 0 Å².